The van der Waals surface area contributed by atoms with Crippen molar-refractivity contribution in [2.75, 3.05) is 0 Å². The normalized spacial score (nSPS) is 17.0. The second-order valence-corrected chi connectivity index (χ2v) is 2.40. The molecule has 0 N–H and O–H groups in total. The molecule has 0 atom stereocenters. The monoisotopic (exact) mass is 130 g/mol. The quantitative estimate of drug-likeness (QED) is 0.308. The molecule has 0 radical (unpaired) electrons. The van der Waals surface area contributed by atoms with Crippen LogP contribution in [0.3, 0.4) is 0 Å². The van der Waals surface area contributed by atoms with E-state index >= 15 is 0 Å². The van der Waals surface area contributed by atoms with Gasteiger partial charge in [-0.15, -0.1) is 12.3 Å². The Kier molecular flexibility index (Phi) is 4.60. The number of hydrogen-bond acceptors (Lipinski definition) is 1. The van der Waals surface area contributed by atoms with E-state index in [2.05, 4.69) is 6.58 Å². The molecule has 0 saturated heterocycles. The van der Waals surface area contributed by atoms with E-state index in [0.29, 0.717) is 0 Å². The van der Waals surface area contributed by atoms with Crippen molar-refractivity contribution in [1.29, 1.82) is 0 Å². The van der Waals surface area contributed by atoms with Gasteiger partial charge in [0, 0.05) is 0 Å². The minimum atomic E-state index is 0. The Balaban J connectivity index is 0.000000810. The van der Waals surface area contributed by atoms with Crippen molar-refractivity contribution >= 4 is 0 Å². The average Bonchev–Trinajstić information content (AvgIpc) is 1.90. The van der Waals surface area contributed by atoms with E-state index in [9.17, 15) is 5.11 Å². The van der Waals surface area contributed by atoms with E-state index in [1.807, 2.05) is 6.08 Å². The van der Waals surface area contributed by atoms with Gasteiger partial charge in [-0.25, -0.2) is 0 Å². The molecule has 0 unspecified atom stereocenters. The van der Waals surface area contributed by atoms with Crippen LogP contribution in [0.5, 0.6) is 0 Å². The summed E-state index contributed by atoms with van der Waals surface area (Å²) >= 11 is 0. The first-order valence-corrected chi connectivity index (χ1v) is 3.36. The molecule has 1 aliphatic rings. The van der Waals surface area contributed by atoms with Gasteiger partial charge in [-0.1, -0.05) is 11.6 Å². The predicted octanol–water partition coefficient (Wildman–Crippen LogP) is -1.64. The van der Waals surface area contributed by atoms with Crippen LogP contribution in [-0.4, -0.2) is 0 Å². The van der Waals surface area contributed by atoms with Crippen LogP contribution >= 0.6 is 0 Å². The van der Waals surface area contributed by atoms with Crippen LogP contribution in [-0.2, 0) is 0 Å². The molecule has 0 aromatic heterocycles. The molecule has 0 fully saturated rings. The van der Waals surface area contributed by atoms with Gasteiger partial charge in [0.2, 0.25) is 0 Å². The molecule has 0 heterocycles. The fraction of sp³-hybridized carbons (Fsp3) is 0.500. The van der Waals surface area contributed by atoms with Crippen molar-refractivity contribution < 1.29 is 24.0 Å². The predicted molar refractivity (Wildman–Crippen MR) is 35.7 cm³/mol. The molecule has 1 nitrogen and oxygen atoms in total. The Morgan fingerprint density at radius 2 is 2.20 bits per heavy atom. The number of allylic oxidation sites excluding steroid dienone is 2. The van der Waals surface area contributed by atoms with E-state index < -0.39 is 0 Å². The van der Waals surface area contributed by atoms with Crippen molar-refractivity contribution in [3.8, 4) is 0 Å². The van der Waals surface area contributed by atoms with Gasteiger partial charge in [-0.05, 0) is 25.7 Å². The molecule has 1 rings (SSSR count). The summed E-state index contributed by atoms with van der Waals surface area (Å²) in [5, 5.41) is 10.6. The molecule has 0 spiro atoms. The standard InChI is InChI=1S/C8H12O.Li/c1-7(9)8-5-3-2-4-6-8;/h5,9H,1-4,6H2;/q;+1/p-1. The summed E-state index contributed by atoms with van der Waals surface area (Å²) < 4.78 is 0. The number of hydrogen-bond donors (Lipinski definition) is 0. The zero-order valence-corrected chi connectivity index (χ0v) is 6.52. The maximum atomic E-state index is 10.6. The molecule has 0 aromatic carbocycles. The van der Waals surface area contributed by atoms with Gasteiger partial charge in [0.15, 0.2) is 0 Å². The average molecular weight is 130 g/mol. The number of rotatable bonds is 1. The molecule has 1 aliphatic carbocycles. The summed E-state index contributed by atoms with van der Waals surface area (Å²) in [6.07, 6.45) is 6.42. The van der Waals surface area contributed by atoms with Crippen LogP contribution in [0.2, 0.25) is 0 Å². The van der Waals surface area contributed by atoms with Crippen LogP contribution < -0.4 is 24.0 Å². The Labute approximate surface area is 74.0 Å². The van der Waals surface area contributed by atoms with Gasteiger partial charge < -0.3 is 5.11 Å². The summed E-state index contributed by atoms with van der Waals surface area (Å²) in [4.78, 5) is 0. The van der Waals surface area contributed by atoms with E-state index in [1.165, 1.54) is 6.42 Å². The molecule has 0 aliphatic heterocycles. The van der Waals surface area contributed by atoms with E-state index in [0.717, 1.165) is 24.8 Å². The SMILES string of the molecule is C=C([O-])C1=CCCCC1.[Li+]. The molecule has 2 heteroatoms. The minimum Gasteiger partial charge on any atom is -0.873 e. The summed E-state index contributed by atoms with van der Waals surface area (Å²) in [5.74, 6) is 0.00898. The fourth-order valence-corrected chi connectivity index (χ4v) is 1.09. The Morgan fingerprint density at radius 3 is 2.50 bits per heavy atom. The third kappa shape index (κ3) is 2.64. The minimum absolute atomic E-state index is 0. The molecule has 0 amide bonds. The maximum Gasteiger partial charge on any atom is 1.00 e. The zero-order chi connectivity index (χ0) is 6.69. The van der Waals surface area contributed by atoms with Gasteiger partial charge in [0.1, 0.15) is 0 Å². The van der Waals surface area contributed by atoms with Crippen molar-refractivity contribution in [2.24, 2.45) is 0 Å². The summed E-state index contributed by atoms with van der Waals surface area (Å²) in [7, 11) is 0. The first kappa shape index (κ1) is 9.88. The van der Waals surface area contributed by atoms with Crippen molar-refractivity contribution in [2.45, 2.75) is 25.7 Å². The topological polar surface area (TPSA) is 23.1 Å². The molecule has 0 saturated carbocycles. The van der Waals surface area contributed by atoms with Crippen molar-refractivity contribution in [3.05, 3.63) is 24.0 Å². The van der Waals surface area contributed by atoms with Gasteiger partial charge in [-0.3, -0.25) is 0 Å². The smallest absolute Gasteiger partial charge is 0.873 e. The Morgan fingerprint density at radius 1 is 1.50 bits per heavy atom. The van der Waals surface area contributed by atoms with Gasteiger partial charge in [-0.2, -0.15) is 0 Å². The van der Waals surface area contributed by atoms with Crippen LogP contribution in [0.1, 0.15) is 25.7 Å². The van der Waals surface area contributed by atoms with Crippen LogP contribution in [0.15, 0.2) is 24.0 Å². The van der Waals surface area contributed by atoms with Gasteiger partial charge in [0.05, 0.1) is 0 Å². The van der Waals surface area contributed by atoms with Crippen molar-refractivity contribution in [3.63, 3.8) is 0 Å². The molecular weight excluding hydrogens is 119 g/mol. The fourth-order valence-electron chi connectivity index (χ4n) is 1.09. The molecule has 50 valence electrons. The summed E-state index contributed by atoms with van der Waals surface area (Å²) in [5.41, 5.74) is 0.932. The van der Waals surface area contributed by atoms with Gasteiger partial charge >= 0.3 is 18.9 Å². The Hall–Kier alpha value is -0.123. The summed E-state index contributed by atoms with van der Waals surface area (Å²) in [6, 6.07) is 0. The summed E-state index contributed by atoms with van der Waals surface area (Å²) in [6.45, 7) is 3.35. The third-order valence-electron chi connectivity index (χ3n) is 1.65. The van der Waals surface area contributed by atoms with Crippen molar-refractivity contribution in [1.82, 2.24) is 0 Å². The second kappa shape index (κ2) is 4.66. The van der Waals surface area contributed by atoms with E-state index in [4.69, 9.17) is 0 Å². The molecule has 10 heavy (non-hydrogen) atoms. The van der Waals surface area contributed by atoms with Crippen LogP contribution in [0.25, 0.3) is 0 Å². The maximum absolute atomic E-state index is 10.6. The van der Waals surface area contributed by atoms with E-state index in [-0.39, 0.29) is 24.6 Å². The molecule has 0 bridgehead atoms. The zero-order valence-electron chi connectivity index (χ0n) is 6.52. The van der Waals surface area contributed by atoms with E-state index in [1.54, 1.807) is 0 Å². The molecule has 0 aromatic rings. The van der Waals surface area contributed by atoms with Gasteiger partial charge in [0.25, 0.3) is 0 Å². The second-order valence-electron chi connectivity index (χ2n) is 2.40. The molecular formula is C8H11LiO. The van der Waals surface area contributed by atoms with Crippen LogP contribution in [0, 0.1) is 0 Å². The van der Waals surface area contributed by atoms with Crippen LogP contribution in [0.4, 0.5) is 0 Å². The largest absolute Gasteiger partial charge is 1.00 e. The third-order valence-corrected chi connectivity index (χ3v) is 1.65. The Bertz CT molecular complexity index is 149. The first-order chi connectivity index (χ1) is 4.30. The first-order valence-electron chi connectivity index (χ1n) is 3.36.